The summed E-state index contributed by atoms with van der Waals surface area (Å²) in [4.78, 5) is 13.1. The highest BCUT2D eigenvalue weighted by Crippen LogP contribution is 2.27. The molecule has 3 rings (SSSR count). The number of sulfonamides is 1. The second-order valence-corrected chi connectivity index (χ2v) is 9.69. The minimum Gasteiger partial charge on any atom is -0.326 e. The molecule has 0 radical (unpaired) electrons. The number of nitrogens with zero attached hydrogens (tertiary/aromatic N) is 1. The highest BCUT2D eigenvalue weighted by molar-refractivity contribution is 7.89. The Bertz CT molecular complexity index is 999. The monoisotopic (exact) mass is 400 g/mol. The first-order valence-electron chi connectivity index (χ1n) is 9.64. The van der Waals surface area contributed by atoms with Crippen molar-refractivity contribution in [2.24, 2.45) is 5.92 Å². The van der Waals surface area contributed by atoms with Gasteiger partial charge in [0, 0.05) is 18.8 Å². The molecule has 1 fully saturated rings. The van der Waals surface area contributed by atoms with Gasteiger partial charge >= 0.3 is 0 Å². The molecule has 1 aliphatic heterocycles. The van der Waals surface area contributed by atoms with Crippen molar-refractivity contribution in [1.29, 1.82) is 0 Å². The number of hydrogen-bond donors (Lipinski definition) is 1. The Hall–Kier alpha value is -2.18. The molecule has 0 unspecified atom stereocenters. The first-order valence-corrected chi connectivity index (χ1v) is 11.1. The minimum absolute atomic E-state index is 0.118. The summed E-state index contributed by atoms with van der Waals surface area (Å²) in [5.41, 5.74) is 4.56. The molecule has 1 atom stereocenters. The number of amides is 1. The lowest BCUT2D eigenvalue weighted by Crippen LogP contribution is -2.43. The summed E-state index contributed by atoms with van der Waals surface area (Å²) in [5.74, 6) is -0.470. The highest BCUT2D eigenvalue weighted by atomic mass is 32.2. The van der Waals surface area contributed by atoms with E-state index < -0.39 is 10.0 Å². The van der Waals surface area contributed by atoms with Crippen LogP contribution in [0.1, 0.15) is 35.1 Å². The first-order chi connectivity index (χ1) is 13.2. The lowest BCUT2D eigenvalue weighted by atomic mass is 9.98. The smallest absolute Gasteiger partial charge is 0.243 e. The highest BCUT2D eigenvalue weighted by Gasteiger charge is 2.34. The fourth-order valence-electron chi connectivity index (χ4n) is 3.69. The van der Waals surface area contributed by atoms with Crippen LogP contribution in [0.25, 0.3) is 0 Å². The van der Waals surface area contributed by atoms with Gasteiger partial charge in [0.15, 0.2) is 0 Å². The lowest BCUT2D eigenvalue weighted by molar-refractivity contribution is -0.120. The van der Waals surface area contributed by atoms with Gasteiger partial charge in [0.05, 0.1) is 10.8 Å². The van der Waals surface area contributed by atoms with Crippen LogP contribution >= 0.6 is 0 Å². The van der Waals surface area contributed by atoms with Crippen molar-refractivity contribution in [1.82, 2.24) is 4.31 Å². The molecule has 1 aliphatic rings. The van der Waals surface area contributed by atoms with E-state index in [1.165, 1.54) is 4.31 Å². The molecule has 0 bridgehead atoms. The molecule has 5 nitrogen and oxygen atoms in total. The molecule has 2 aromatic rings. The number of benzene rings is 2. The zero-order valence-electron chi connectivity index (χ0n) is 17.0. The van der Waals surface area contributed by atoms with E-state index in [4.69, 9.17) is 0 Å². The average Bonchev–Trinajstić information content (AvgIpc) is 2.66. The zero-order chi connectivity index (χ0) is 20.5. The number of nitrogens with one attached hydrogen (secondary N) is 1. The van der Waals surface area contributed by atoms with E-state index in [0.29, 0.717) is 24.3 Å². The quantitative estimate of drug-likeness (QED) is 0.845. The Morgan fingerprint density at radius 2 is 1.68 bits per heavy atom. The fourth-order valence-corrected chi connectivity index (χ4v) is 5.52. The van der Waals surface area contributed by atoms with Gasteiger partial charge in [0.25, 0.3) is 0 Å². The van der Waals surface area contributed by atoms with E-state index in [0.717, 1.165) is 27.9 Å². The molecule has 2 aromatic carbocycles. The van der Waals surface area contributed by atoms with Gasteiger partial charge in [-0.3, -0.25) is 4.79 Å². The molecule has 1 amide bonds. The third-order valence-corrected chi connectivity index (χ3v) is 7.36. The van der Waals surface area contributed by atoms with Gasteiger partial charge in [-0.05, 0) is 69.4 Å². The average molecular weight is 401 g/mol. The second kappa shape index (κ2) is 8.05. The van der Waals surface area contributed by atoms with Crippen molar-refractivity contribution in [3.05, 3.63) is 58.7 Å². The van der Waals surface area contributed by atoms with E-state index in [1.807, 2.05) is 51.1 Å². The van der Waals surface area contributed by atoms with E-state index in [9.17, 15) is 13.2 Å². The van der Waals surface area contributed by atoms with Crippen LogP contribution in [0.2, 0.25) is 0 Å². The number of rotatable bonds is 4. The van der Waals surface area contributed by atoms with Crippen molar-refractivity contribution >= 4 is 21.6 Å². The number of hydrogen-bond acceptors (Lipinski definition) is 3. The maximum absolute atomic E-state index is 13.2. The van der Waals surface area contributed by atoms with Crippen LogP contribution in [0.15, 0.2) is 41.3 Å². The normalized spacial score (nSPS) is 18.1. The molecule has 0 aliphatic carbocycles. The van der Waals surface area contributed by atoms with Crippen molar-refractivity contribution in [2.75, 3.05) is 18.4 Å². The zero-order valence-corrected chi connectivity index (χ0v) is 17.8. The molecule has 6 heteroatoms. The Kier molecular flexibility index (Phi) is 5.91. The van der Waals surface area contributed by atoms with Crippen LogP contribution in [0.4, 0.5) is 5.69 Å². The van der Waals surface area contributed by atoms with Crippen LogP contribution in [-0.2, 0) is 14.8 Å². The van der Waals surface area contributed by atoms with Crippen LogP contribution < -0.4 is 5.32 Å². The molecule has 1 saturated heterocycles. The summed E-state index contributed by atoms with van der Waals surface area (Å²) in [6, 6.07) is 11.3. The summed E-state index contributed by atoms with van der Waals surface area (Å²) in [7, 11) is -3.61. The third-order valence-electron chi connectivity index (χ3n) is 5.36. The lowest BCUT2D eigenvalue weighted by Gasteiger charge is -2.31. The van der Waals surface area contributed by atoms with Crippen molar-refractivity contribution in [3.8, 4) is 0 Å². The topological polar surface area (TPSA) is 66.5 Å². The van der Waals surface area contributed by atoms with Crippen LogP contribution in [0, 0.1) is 33.6 Å². The van der Waals surface area contributed by atoms with Crippen LogP contribution in [-0.4, -0.2) is 31.7 Å². The van der Waals surface area contributed by atoms with Gasteiger partial charge in [-0.2, -0.15) is 4.31 Å². The van der Waals surface area contributed by atoms with Crippen molar-refractivity contribution in [2.45, 2.75) is 45.4 Å². The summed E-state index contributed by atoms with van der Waals surface area (Å²) >= 11 is 0. The number of anilines is 1. The third kappa shape index (κ3) is 4.28. The van der Waals surface area contributed by atoms with Gasteiger partial charge in [-0.15, -0.1) is 0 Å². The second-order valence-electron chi connectivity index (χ2n) is 7.78. The van der Waals surface area contributed by atoms with Gasteiger partial charge in [-0.1, -0.05) is 29.8 Å². The van der Waals surface area contributed by atoms with E-state index in [2.05, 4.69) is 5.32 Å². The van der Waals surface area contributed by atoms with Gasteiger partial charge in [-0.25, -0.2) is 8.42 Å². The predicted octanol–water partition coefficient (Wildman–Crippen LogP) is 3.96. The van der Waals surface area contributed by atoms with E-state index >= 15 is 0 Å². The summed E-state index contributed by atoms with van der Waals surface area (Å²) in [6.07, 6.45) is 1.37. The van der Waals surface area contributed by atoms with Gasteiger partial charge < -0.3 is 5.32 Å². The van der Waals surface area contributed by atoms with Crippen molar-refractivity contribution < 1.29 is 13.2 Å². The van der Waals surface area contributed by atoms with E-state index in [1.54, 1.807) is 13.0 Å². The summed E-state index contributed by atoms with van der Waals surface area (Å²) < 4.78 is 27.8. The Morgan fingerprint density at radius 3 is 2.39 bits per heavy atom. The summed E-state index contributed by atoms with van der Waals surface area (Å²) in [6.45, 7) is 8.32. The molecular formula is C22H28N2O3S. The Balaban J connectivity index is 1.78. The molecule has 1 heterocycles. The fraction of sp³-hybridized carbons (Fsp3) is 0.409. The van der Waals surface area contributed by atoms with Crippen LogP contribution in [0.5, 0.6) is 0 Å². The molecule has 28 heavy (non-hydrogen) atoms. The number of carbonyl (C=O) groups excluding carboxylic acids is 1. The van der Waals surface area contributed by atoms with Crippen LogP contribution in [0.3, 0.4) is 0 Å². The molecular weight excluding hydrogens is 372 g/mol. The Morgan fingerprint density at radius 1 is 1.00 bits per heavy atom. The number of aryl methyl sites for hydroxylation is 4. The SMILES string of the molecule is Cc1ccc(NC(=O)[C@@H]2CCCN(S(=O)(=O)c3cc(C)ccc3C)C2)c(C)c1. The molecule has 0 spiro atoms. The molecule has 0 saturated carbocycles. The largest absolute Gasteiger partial charge is 0.326 e. The Labute approximate surface area is 167 Å². The molecule has 150 valence electrons. The number of piperidine rings is 1. The molecule has 0 aromatic heterocycles. The minimum atomic E-state index is -3.61. The van der Waals surface area contributed by atoms with Gasteiger partial charge in [0.1, 0.15) is 0 Å². The first kappa shape index (κ1) is 20.6. The molecule has 1 N–H and O–H groups in total. The number of carbonyl (C=O) groups is 1. The maximum Gasteiger partial charge on any atom is 0.243 e. The maximum atomic E-state index is 13.2. The van der Waals surface area contributed by atoms with Gasteiger partial charge in [0.2, 0.25) is 15.9 Å². The standard InChI is InChI=1S/C22H28N2O3S/c1-15-8-10-20(18(4)12-15)23-22(25)19-6-5-11-24(14-19)28(26,27)21-13-16(2)7-9-17(21)3/h7-10,12-13,19H,5-6,11,14H2,1-4H3,(H,23,25)/t19-/m1/s1. The summed E-state index contributed by atoms with van der Waals surface area (Å²) in [5, 5.41) is 2.98. The predicted molar refractivity (Wildman–Crippen MR) is 112 cm³/mol. The van der Waals surface area contributed by atoms with E-state index in [-0.39, 0.29) is 18.4 Å². The van der Waals surface area contributed by atoms with Crippen molar-refractivity contribution in [3.63, 3.8) is 0 Å².